The van der Waals surface area contributed by atoms with Crippen LogP contribution < -0.4 is 19.7 Å². The molecule has 0 radical (unpaired) electrons. The van der Waals surface area contributed by atoms with Gasteiger partial charge in [-0.1, -0.05) is 29.3 Å². The molecule has 1 N–H and O–H groups in total. The van der Waals surface area contributed by atoms with Gasteiger partial charge in [0, 0.05) is 34.7 Å². The Morgan fingerprint density at radius 2 is 1.77 bits per heavy atom. The molecule has 2 aliphatic rings. The molecule has 40 heavy (non-hydrogen) atoms. The second-order valence-corrected chi connectivity index (χ2v) is 10.5. The van der Waals surface area contributed by atoms with Gasteiger partial charge in [-0.15, -0.1) is 0 Å². The van der Waals surface area contributed by atoms with Crippen LogP contribution in [0.25, 0.3) is 11.4 Å². The highest BCUT2D eigenvalue weighted by Gasteiger charge is 2.64. The van der Waals surface area contributed by atoms with Gasteiger partial charge in [0.1, 0.15) is 5.82 Å². The summed E-state index contributed by atoms with van der Waals surface area (Å²) in [6.45, 7) is 5.62. The van der Waals surface area contributed by atoms with E-state index in [2.05, 4.69) is 20.3 Å². The van der Waals surface area contributed by atoms with E-state index >= 15 is 0 Å². The molecule has 1 atom stereocenters. The summed E-state index contributed by atoms with van der Waals surface area (Å²) in [5.41, 5.74) is 1.20. The minimum atomic E-state index is -1.64. The average molecular weight is 580 g/mol. The Kier molecular flexibility index (Phi) is 5.97. The van der Waals surface area contributed by atoms with E-state index in [1.165, 1.54) is 31.5 Å². The molecule has 2 aliphatic heterocycles. The summed E-state index contributed by atoms with van der Waals surface area (Å²) in [7, 11) is 2.92. The van der Waals surface area contributed by atoms with Crippen molar-refractivity contribution >= 4 is 46.4 Å². The van der Waals surface area contributed by atoms with Crippen molar-refractivity contribution in [3.05, 3.63) is 69.3 Å². The van der Waals surface area contributed by atoms with Gasteiger partial charge in [-0.25, -0.2) is 9.97 Å². The van der Waals surface area contributed by atoms with Gasteiger partial charge >= 0.3 is 6.01 Å². The maximum atomic E-state index is 14.4. The van der Waals surface area contributed by atoms with E-state index < -0.39 is 17.4 Å². The fourth-order valence-corrected chi connectivity index (χ4v) is 5.81. The lowest BCUT2D eigenvalue weighted by Gasteiger charge is -2.36. The monoisotopic (exact) mass is 579 g/mol. The number of methoxy groups -OCH3 is 2. The number of benzene rings is 1. The molecule has 1 spiro atoms. The predicted molar refractivity (Wildman–Crippen MR) is 148 cm³/mol. The molecule has 0 bridgehead atoms. The van der Waals surface area contributed by atoms with Crippen molar-refractivity contribution < 1.29 is 19.1 Å². The number of carbonyl (C=O) groups excluding carboxylic acids is 2. The molecule has 4 aromatic rings. The van der Waals surface area contributed by atoms with Crippen LogP contribution in [0.1, 0.15) is 47.3 Å². The lowest BCUT2D eigenvalue weighted by atomic mass is 9.87. The number of halogens is 2. The molecule has 11 nitrogen and oxygen atoms in total. The Balaban J connectivity index is 1.73. The Bertz CT molecular complexity index is 1740. The van der Waals surface area contributed by atoms with Crippen LogP contribution in [-0.4, -0.2) is 50.5 Å². The average Bonchev–Trinajstić information content (AvgIpc) is 3.53. The smallest absolute Gasteiger partial charge is 0.319 e. The lowest BCUT2D eigenvalue weighted by Crippen LogP contribution is -2.51. The van der Waals surface area contributed by atoms with E-state index in [1.54, 1.807) is 31.2 Å². The first-order valence-electron chi connectivity index (χ1n) is 12.3. The molecule has 0 fully saturated rings. The van der Waals surface area contributed by atoms with E-state index in [1.807, 2.05) is 18.4 Å². The fourth-order valence-electron chi connectivity index (χ4n) is 5.48. The number of rotatable bonds is 5. The predicted octanol–water partition coefficient (Wildman–Crippen LogP) is 4.80. The van der Waals surface area contributed by atoms with Crippen molar-refractivity contribution in [1.29, 1.82) is 0 Å². The number of anilines is 2. The van der Waals surface area contributed by atoms with Crippen LogP contribution in [0, 0.1) is 6.92 Å². The molecule has 1 aromatic carbocycles. The number of ether oxygens (including phenoxy) is 2. The topological polar surface area (TPSA) is 124 Å². The third-order valence-corrected chi connectivity index (χ3v) is 7.52. The van der Waals surface area contributed by atoms with Gasteiger partial charge in [0.15, 0.2) is 11.2 Å². The normalized spacial score (nSPS) is 17.4. The van der Waals surface area contributed by atoms with Crippen LogP contribution in [0.3, 0.4) is 0 Å². The van der Waals surface area contributed by atoms with Crippen molar-refractivity contribution in [2.24, 2.45) is 0 Å². The van der Waals surface area contributed by atoms with E-state index in [0.717, 1.165) is 0 Å². The number of pyridine rings is 1. The zero-order chi connectivity index (χ0) is 28.5. The first kappa shape index (κ1) is 26.0. The SMILES string of the molecule is COc1ncc(-c2nc3c(n2C(C)C)[C@]2(C(=O)Nc4cc(Cl)ccc42)N(c2cc(Cl)cnc2C)C3=O)c(OC)n1. The van der Waals surface area contributed by atoms with Gasteiger partial charge in [0.05, 0.1) is 41.9 Å². The summed E-state index contributed by atoms with van der Waals surface area (Å²) in [4.78, 5) is 47.8. The maximum absolute atomic E-state index is 14.4. The summed E-state index contributed by atoms with van der Waals surface area (Å²) < 4.78 is 12.5. The van der Waals surface area contributed by atoms with Gasteiger partial charge in [-0.3, -0.25) is 19.5 Å². The zero-order valence-electron chi connectivity index (χ0n) is 22.1. The molecule has 0 aliphatic carbocycles. The highest BCUT2D eigenvalue weighted by atomic mass is 35.5. The van der Waals surface area contributed by atoms with E-state index in [4.69, 9.17) is 37.7 Å². The van der Waals surface area contributed by atoms with Crippen molar-refractivity contribution in [1.82, 2.24) is 24.5 Å². The maximum Gasteiger partial charge on any atom is 0.319 e. The molecule has 6 rings (SSSR count). The largest absolute Gasteiger partial charge is 0.480 e. The first-order chi connectivity index (χ1) is 19.1. The van der Waals surface area contributed by atoms with Crippen LogP contribution in [0.5, 0.6) is 11.9 Å². The zero-order valence-corrected chi connectivity index (χ0v) is 23.6. The van der Waals surface area contributed by atoms with Gasteiger partial charge in [0.2, 0.25) is 5.88 Å². The Morgan fingerprint density at radius 1 is 1.00 bits per heavy atom. The molecule has 0 saturated heterocycles. The number of aryl methyl sites for hydroxylation is 1. The Hall–Kier alpha value is -4.22. The number of nitrogens with one attached hydrogen (secondary N) is 1. The van der Waals surface area contributed by atoms with Gasteiger partial charge in [0.25, 0.3) is 11.8 Å². The summed E-state index contributed by atoms with van der Waals surface area (Å²) in [5, 5.41) is 3.69. The summed E-state index contributed by atoms with van der Waals surface area (Å²) in [5.74, 6) is -0.367. The molecule has 5 heterocycles. The molecule has 204 valence electrons. The fraction of sp³-hybridized carbons (Fsp3) is 0.259. The Labute approximate surface area is 239 Å². The molecular formula is C27H23Cl2N7O4. The van der Waals surface area contributed by atoms with Crippen molar-refractivity contribution in [3.63, 3.8) is 0 Å². The number of hydrogen-bond donors (Lipinski definition) is 1. The number of hydrogen-bond acceptors (Lipinski definition) is 8. The summed E-state index contributed by atoms with van der Waals surface area (Å²) in [6, 6.07) is 6.56. The van der Waals surface area contributed by atoms with Crippen LogP contribution in [0.15, 0.2) is 36.7 Å². The molecule has 0 unspecified atom stereocenters. The number of aromatic nitrogens is 5. The van der Waals surface area contributed by atoms with Gasteiger partial charge in [-0.05, 0) is 39.0 Å². The van der Waals surface area contributed by atoms with Crippen LogP contribution >= 0.6 is 23.2 Å². The number of fused-ring (bicyclic) bond motifs is 4. The van der Waals surface area contributed by atoms with Crippen LogP contribution in [0.4, 0.5) is 11.4 Å². The number of imidazole rings is 1. The van der Waals surface area contributed by atoms with Crippen LogP contribution in [0.2, 0.25) is 10.0 Å². The second kappa shape index (κ2) is 9.17. The van der Waals surface area contributed by atoms with Gasteiger partial charge < -0.3 is 19.4 Å². The lowest BCUT2D eigenvalue weighted by molar-refractivity contribution is -0.119. The Morgan fingerprint density at radius 3 is 2.48 bits per heavy atom. The van der Waals surface area contributed by atoms with Crippen LogP contribution in [-0.2, 0) is 10.3 Å². The number of nitrogens with zero attached hydrogens (tertiary/aromatic N) is 6. The van der Waals surface area contributed by atoms with Crippen molar-refractivity contribution in [2.45, 2.75) is 32.4 Å². The molecule has 2 amide bonds. The first-order valence-corrected chi connectivity index (χ1v) is 13.0. The third kappa shape index (κ3) is 3.44. The highest BCUT2D eigenvalue weighted by Crippen LogP contribution is 2.55. The van der Waals surface area contributed by atoms with Crippen molar-refractivity contribution in [2.75, 3.05) is 24.4 Å². The summed E-state index contributed by atoms with van der Waals surface area (Å²) >= 11 is 12.7. The second-order valence-electron chi connectivity index (χ2n) is 9.63. The molecule has 3 aromatic heterocycles. The molecule has 13 heteroatoms. The standard InChI is InChI=1S/C27H23Cl2N7O4/c1-12(2)35-21-20(33-22(35)16-11-31-26(40-5)34-23(16)39-4)24(37)36(19-9-15(29)10-30-13(19)3)27(21)17-7-6-14(28)8-18(17)32-25(27)38/h6-12H,1-5H3,(H,32,38)/t27-/m1/s1. The highest BCUT2D eigenvalue weighted by molar-refractivity contribution is 6.32. The molecule has 0 saturated carbocycles. The number of carbonyl (C=O) groups is 2. The quantitative estimate of drug-likeness (QED) is 0.357. The summed E-state index contributed by atoms with van der Waals surface area (Å²) in [6.07, 6.45) is 3.01. The minimum Gasteiger partial charge on any atom is -0.480 e. The molecular weight excluding hydrogens is 557 g/mol. The van der Waals surface area contributed by atoms with E-state index in [-0.39, 0.29) is 23.6 Å². The van der Waals surface area contributed by atoms with E-state index in [9.17, 15) is 9.59 Å². The number of amides is 2. The van der Waals surface area contributed by atoms with E-state index in [0.29, 0.717) is 49.8 Å². The minimum absolute atomic E-state index is 0.0962. The third-order valence-electron chi connectivity index (χ3n) is 7.08. The van der Waals surface area contributed by atoms with Gasteiger partial charge in [-0.2, -0.15) is 4.98 Å². The van der Waals surface area contributed by atoms with Crippen molar-refractivity contribution in [3.8, 4) is 23.3 Å².